The molecule has 2 heterocycles. The van der Waals surface area contributed by atoms with Crippen LogP contribution in [0, 0.1) is 25.2 Å². The fourth-order valence-electron chi connectivity index (χ4n) is 4.01. The Kier molecular flexibility index (Phi) is 6.14. The van der Waals surface area contributed by atoms with Gasteiger partial charge < -0.3 is 13.9 Å². The fourth-order valence-corrected chi connectivity index (χ4v) is 4.01. The van der Waals surface area contributed by atoms with Crippen molar-refractivity contribution in [2.45, 2.75) is 40.3 Å². The number of carbonyl (C=O) groups is 1. The fraction of sp³-hybridized carbons (Fsp3) is 0.222. The first-order valence-electron chi connectivity index (χ1n) is 10.9. The summed E-state index contributed by atoms with van der Waals surface area (Å²) in [6.45, 7) is 8.13. The van der Waals surface area contributed by atoms with Crippen molar-refractivity contribution in [1.82, 2.24) is 14.1 Å². The number of rotatable bonds is 6. The van der Waals surface area contributed by atoms with Crippen molar-refractivity contribution in [3.63, 3.8) is 0 Å². The quantitative estimate of drug-likeness (QED) is 0.289. The van der Waals surface area contributed by atoms with Gasteiger partial charge in [-0.05, 0) is 75.7 Å². The molecule has 4 rings (SSSR count). The van der Waals surface area contributed by atoms with E-state index in [4.69, 9.17) is 4.74 Å². The molecule has 0 saturated carbocycles. The number of aryl methyl sites for hydroxylation is 1. The SMILES string of the molecule is Cc1cc(/C=C(/C#N)Cn2cnc3ccccc32)c(C)n1-c1cccc(C(=O)OC(C)C)c1. The van der Waals surface area contributed by atoms with Gasteiger partial charge in [0.2, 0.25) is 0 Å². The van der Waals surface area contributed by atoms with Crippen LogP contribution in [0.5, 0.6) is 0 Å². The number of hydrogen-bond donors (Lipinski definition) is 0. The number of allylic oxidation sites excluding steroid dienone is 1. The summed E-state index contributed by atoms with van der Waals surface area (Å²) < 4.78 is 9.40. The van der Waals surface area contributed by atoms with E-state index >= 15 is 0 Å². The van der Waals surface area contributed by atoms with E-state index in [2.05, 4.69) is 21.7 Å². The molecule has 0 unspecified atom stereocenters. The molecule has 2 aromatic carbocycles. The molecule has 0 aliphatic heterocycles. The Morgan fingerprint density at radius 3 is 2.70 bits per heavy atom. The van der Waals surface area contributed by atoms with E-state index < -0.39 is 0 Å². The van der Waals surface area contributed by atoms with Crippen LogP contribution < -0.4 is 0 Å². The van der Waals surface area contributed by atoms with Crippen LogP contribution in [-0.2, 0) is 11.3 Å². The molecule has 4 aromatic rings. The third-order valence-corrected chi connectivity index (χ3v) is 5.49. The first-order chi connectivity index (χ1) is 15.9. The lowest BCUT2D eigenvalue weighted by molar-refractivity contribution is 0.0378. The molecule has 0 bridgehead atoms. The molecule has 0 atom stereocenters. The second kappa shape index (κ2) is 9.17. The highest BCUT2D eigenvalue weighted by atomic mass is 16.5. The first kappa shape index (κ1) is 22.1. The number of benzene rings is 2. The Morgan fingerprint density at radius 1 is 1.15 bits per heavy atom. The van der Waals surface area contributed by atoms with E-state index in [1.165, 1.54) is 0 Å². The zero-order valence-corrected chi connectivity index (χ0v) is 19.2. The lowest BCUT2D eigenvalue weighted by atomic mass is 10.1. The molecule has 0 saturated heterocycles. The highest BCUT2D eigenvalue weighted by Crippen LogP contribution is 2.24. The van der Waals surface area contributed by atoms with Gasteiger partial charge in [-0.2, -0.15) is 5.26 Å². The molecule has 0 N–H and O–H groups in total. The van der Waals surface area contributed by atoms with Crippen molar-refractivity contribution in [3.8, 4) is 11.8 Å². The largest absolute Gasteiger partial charge is 0.459 e. The normalized spacial score (nSPS) is 11.7. The second-order valence-electron chi connectivity index (χ2n) is 8.31. The molecule has 6 nitrogen and oxygen atoms in total. The van der Waals surface area contributed by atoms with Gasteiger partial charge in [-0.3, -0.25) is 0 Å². The van der Waals surface area contributed by atoms with Crippen LogP contribution in [0.4, 0.5) is 0 Å². The average molecular weight is 439 g/mol. The van der Waals surface area contributed by atoms with Gasteiger partial charge in [-0.25, -0.2) is 9.78 Å². The summed E-state index contributed by atoms with van der Waals surface area (Å²) in [6.07, 6.45) is 3.51. The van der Waals surface area contributed by atoms with Gasteiger partial charge >= 0.3 is 5.97 Å². The van der Waals surface area contributed by atoms with Crippen LogP contribution in [0.2, 0.25) is 0 Å². The molecular formula is C27H26N4O2. The molecular weight excluding hydrogens is 412 g/mol. The van der Waals surface area contributed by atoms with E-state index in [9.17, 15) is 10.1 Å². The molecule has 2 aromatic heterocycles. The van der Waals surface area contributed by atoms with Gasteiger partial charge in [0, 0.05) is 22.6 Å². The second-order valence-corrected chi connectivity index (χ2v) is 8.31. The number of esters is 1. The Hall–Kier alpha value is -4.11. The number of hydrogen-bond acceptors (Lipinski definition) is 4. The number of ether oxygens (including phenoxy) is 1. The summed E-state index contributed by atoms with van der Waals surface area (Å²) in [4.78, 5) is 16.8. The van der Waals surface area contributed by atoms with Crippen LogP contribution in [-0.4, -0.2) is 26.2 Å². The monoisotopic (exact) mass is 438 g/mol. The van der Waals surface area contributed by atoms with Crippen molar-refractivity contribution in [1.29, 1.82) is 5.26 Å². The van der Waals surface area contributed by atoms with Crippen LogP contribution in [0.15, 0.2) is 66.5 Å². The maximum Gasteiger partial charge on any atom is 0.338 e. The molecule has 0 fully saturated rings. The third-order valence-electron chi connectivity index (χ3n) is 5.49. The van der Waals surface area contributed by atoms with E-state index in [0.29, 0.717) is 17.7 Å². The highest BCUT2D eigenvalue weighted by Gasteiger charge is 2.14. The van der Waals surface area contributed by atoms with Gasteiger partial charge in [0.1, 0.15) is 0 Å². The highest BCUT2D eigenvalue weighted by molar-refractivity contribution is 5.90. The summed E-state index contributed by atoms with van der Waals surface area (Å²) in [7, 11) is 0. The van der Waals surface area contributed by atoms with E-state index in [-0.39, 0.29) is 12.1 Å². The maximum absolute atomic E-state index is 12.4. The number of aromatic nitrogens is 3. The minimum atomic E-state index is -0.339. The predicted octanol–water partition coefficient (Wildman–Crippen LogP) is 5.62. The molecule has 33 heavy (non-hydrogen) atoms. The topological polar surface area (TPSA) is 72.8 Å². The van der Waals surface area contributed by atoms with E-state index in [1.54, 1.807) is 12.4 Å². The lowest BCUT2D eigenvalue weighted by Gasteiger charge is -2.12. The summed E-state index contributed by atoms with van der Waals surface area (Å²) in [6, 6.07) is 19.7. The van der Waals surface area contributed by atoms with E-state index in [0.717, 1.165) is 33.7 Å². The van der Waals surface area contributed by atoms with Crippen LogP contribution in [0.3, 0.4) is 0 Å². The molecule has 0 radical (unpaired) electrons. The lowest BCUT2D eigenvalue weighted by Crippen LogP contribution is -2.12. The van der Waals surface area contributed by atoms with Crippen LogP contribution >= 0.6 is 0 Å². The number of nitriles is 1. The van der Waals surface area contributed by atoms with Gasteiger partial charge in [0.05, 0.1) is 41.6 Å². The van der Waals surface area contributed by atoms with Crippen molar-refractivity contribution >= 4 is 23.1 Å². The summed E-state index contributed by atoms with van der Waals surface area (Å²) >= 11 is 0. The summed E-state index contributed by atoms with van der Waals surface area (Å²) in [5, 5.41) is 9.80. The van der Waals surface area contributed by atoms with Gasteiger partial charge in [0.15, 0.2) is 0 Å². The number of imidazole rings is 1. The molecule has 0 amide bonds. The zero-order chi connectivity index (χ0) is 23.5. The Morgan fingerprint density at radius 2 is 1.94 bits per heavy atom. The smallest absolute Gasteiger partial charge is 0.338 e. The van der Waals surface area contributed by atoms with Crippen molar-refractivity contribution in [2.75, 3.05) is 0 Å². The van der Waals surface area contributed by atoms with Crippen molar-refractivity contribution in [2.24, 2.45) is 0 Å². The zero-order valence-electron chi connectivity index (χ0n) is 19.2. The number of nitrogens with zero attached hydrogens (tertiary/aromatic N) is 4. The molecule has 166 valence electrons. The maximum atomic E-state index is 12.4. The summed E-state index contributed by atoms with van der Waals surface area (Å²) in [5.74, 6) is -0.339. The third kappa shape index (κ3) is 4.58. The van der Waals surface area contributed by atoms with Gasteiger partial charge in [-0.15, -0.1) is 0 Å². The molecule has 0 spiro atoms. The summed E-state index contributed by atoms with van der Waals surface area (Å²) in [5.41, 5.74) is 6.88. The minimum absolute atomic E-state index is 0.176. The van der Waals surface area contributed by atoms with E-state index in [1.807, 2.05) is 80.8 Å². The predicted molar refractivity (Wildman–Crippen MR) is 129 cm³/mol. The molecule has 0 aliphatic rings. The van der Waals surface area contributed by atoms with Crippen molar-refractivity contribution < 1.29 is 9.53 Å². The van der Waals surface area contributed by atoms with Gasteiger partial charge in [-0.1, -0.05) is 18.2 Å². The molecule has 0 aliphatic carbocycles. The van der Waals surface area contributed by atoms with Crippen LogP contribution in [0.1, 0.15) is 41.2 Å². The number of para-hydroxylation sites is 2. The van der Waals surface area contributed by atoms with Gasteiger partial charge in [0.25, 0.3) is 0 Å². The number of carbonyl (C=O) groups excluding carboxylic acids is 1. The Bertz CT molecular complexity index is 1400. The standard InChI is InChI=1S/C27H26N4O2/c1-18(2)33-27(32)22-8-7-9-24(14-22)31-19(3)12-23(20(31)4)13-21(15-28)16-30-17-29-25-10-5-6-11-26(25)30/h5-14,17-18H,16H2,1-4H3/b21-13-. The Labute approximate surface area is 193 Å². The van der Waals surface area contributed by atoms with Crippen molar-refractivity contribution in [3.05, 3.63) is 89.0 Å². The first-order valence-corrected chi connectivity index (χ1v) is 10.9. The number of fused-ring (bicyclic) bond motifs is 1. The van der Waals surface area contributed by atoms with Crippen LogP contribution in [0.25, 0.3) is 22.8 Å². The molecule has 6 heteroatoms. The average Bonchev–Trinajstić information content (AvgIpc) is 3.32. The minimum Gasteiger partial charge on any atom is -0.459 e. The Balaban J connectivity index is 1.67.